The molecule has 6 nitrogen and oxygen atoms in total. The van der Waals surface area contributed by atoms with Gasteiger partial charge in [0.05, 0.1) is 12.1 Å². The Kier molecular flexibility index (Phi) is 6.66. The zero-order valence-electron chi connectivity index (χ0n) is 13.7. The molecule has 24 heavy (non-hydrogen) atoms. The molecule has 0 spiro atoms. The molecule has 1 unspecified atom stereocenters. The predicted molar refractivity (Wildman–Crippen MR) is 92.2 cm³/mol. The van der Waals surface area contributed by atoms with Gasteiger partial charge in [-0.2, -0.15) is 0 Å². The van der Waals surface area contributed by atoms with Crippen molar-refractivity contribution >= 4 is 29.5 Å². The van der Waals surface area contributed by atoms with E-state index in [1.807, 2.05) is 0 Å². The molecule has 1 atom stereocenters. The standard InChI is InChI=1S/C17H22N2O4S/c1-12(17(22)23)24-14-8-4-3-7-13(14)16(21)18-11-15(20)19-9-5-2-6-10-19/h3-4,7-8,12H,2,5-6,9-11H2,1H3,(H,18,21)(H,22,23). The number of carbonyl (C=O) groups is 3. The first kappa shape index (κ1) is 18.3. The summed E-state index contributed by atoms with van der Waals surface area (Å²) in [6, 6.07) is 6.83. The minimum atomic E-state index is -0.935. The fourth-order valence-electron chi connectivity index (χ4n) is 2.50. The maximum atomic E-state index is 12.4. The first-order valence-electron chi connectivity index (χ1n) is 8.03. The highest BCUT2D eigenvalue weighted by Crippen LogP contribution is 2.26. The summed E-state index contributed by atoms with van der Waals surface area (Å²) in [5.74, 6) is -1.37. The van der Waals surface area contributed by atoms with E-state index in [2.05, 4.69) is 5.32 Å². The molecule has 0 aromatic heterocycles. The van der Waals surface area contributed by atoms with Crippen LogP contribution in [0.5, 0.6) is 0 Å². The molecule has 1 aliphatic heterocycles. The van der Waals surface area contributed by atoms with Crippen LogP contribution in [0.3, 0.4) is 0 Å². The monoisotopic (exact) mass is 350 g/mol. The maximum Gasteiger partial charge on any atom is 0.316 e. The molecule has 2 N–H and O–H groups in total. The number of rotatable bonds is 6. The van der Waals surface area contributed by atoms with Gasteiger partial charge in [0.1, 0.15) is 5.25 Å². The molecule has 0 radical (unpaired) electrons. The number of carbonyl (C=O) groups excluding carboxylic acids is 2. The van der Waals surface area contributed by atoms with Crippen molar-refractivity contribution in [1.29, 1.82) is 0 Å². The van der Waals surface area contributed by atoms with Crippen LogP contribution in [0.15, 0.2) is 29.2 Å². The number of aliphatic carboxylic acids is 1. The van der Waals surface area contributed by atoms with E-state index >= 15 is 0 Å². The van der Waals surface area contributed by atoms with E-state index < -0.39 is 11.2 Å². The average molecular weight is 350 g/mol. The highest BCUT2D eigenvalue weighted by atomic mass is 32.2. The smallest absolute Gasteiger partial charge is 0.316 e. The van der Waals surface area contributed by atoms with Crippen molar-refractivity contribution in [2.45, 2.75) is 36.3 Å². The second-order valence-corrected chi connectivity index (χ2v) is 7.10. The maximum absolute atomic E-state index is 12.4. The van der Waals surface area contributed by atoms with Crippen molar-refractivity contribution in [1.82, 2.24) is 10.2 Å². The Morgan fingerprint density at radius 2 is 1.88 bits per heavy atom. The lowest BCUT2D eigenvalue weighted by Crippen LogP contribution is -2.42. The topological polar surface area (TPSA) is 86.7 Å². The van der Waals surface area contributed by atoms with E-state index in [4.69, 9.17) is 5.11 Å². The van der Waals surface area contributed by atoms with Crippen LogP contribution in [0.2, 0.25) is 0 Å². The SMILES string of the molecule is CC(Sc1ccccc1C(=O)NCC(=O)N1CCCCC1)C(=O)O. The summed E-state index contributed by atoms with van der Waals surface area (Å²) < 4.78 is 0. The lowest BCUT2D eigenvalue weighted by Gasteiger charge is -2.26. The number of thioether (sulfide) groups is 1. The second kappa shape index (κ2) is 8.73. The lowest BCUT2D eigenvalue weighted by molar-refractivity contribution is -0.136. The lowest BCUT2D eigenvalue weighted by atomic mass is 10.1. The first-order chi connectivity index (χ1) is 11.5. The minimum Gasteiger partial charge on any atom is -0.480 e. The molecular weight excluding hydrogens is 328 g/mol. The first-order valence-corrected chi connectivity index (χ1v) is 8.91. The number of carboxylic acid groups (broad SMARTS) is 1. The predicted octanol–water partition coefficient (Wildman–Crippen LogP) is 1.99. The van der Waals surface area contributed by atoms with Crippen LogP contribution < -0.4 is 5.32 Å². The Balaban J connectivity index is 1.96. The summed E-state index contributed by atoms with van der Waals surface area (Å²) in [7, 11) is 0. The van der Waals surface area contributed by atoms with Crippen LogP contribution in [0.4, 0.5) is 0 Å². The van der Waals surface area contributed by atoms with Crippen LogP contribution >= 0.6 is 11.8 Å². The number of carboxylic acids is 1. The highest BCUT2D eigenvalue weighted by molar-refractivity contribution is 8.00. The number of amides is 2. The van der Waals surface area contributed by atoms with Gasteiger partial charge < -0.3 is 15.3 Å². The van der Waals surface area contributed by atoms with Gasteiger partial charge in [-0.25, -0.2) is 0 Å². The van der Waals surface area contributed by atoms with E-state index in [1.54, 1.807) is 36.1 Å². The third kappa shape index (κ3) is 4.99. The number of hydrogen-bond acceptors (Lipinski definition) is 4. The van der Waals surface area contributed by atoms with E-state index in [-0.39, 0.29) is 18.4 Å². The van der Waals surface area contributed by atoms with Gasteiger partial charge in [0.25, 0.3) is 5.91 Å². The van der Waals surface area contributed by atoms with Crippen LogP contribution in [-0.2, 0) is 9.59 Å². The Morgan fingerprint density at radius 3 is 2.54 bits per heavy atom. The third-order valence-electron chi connectivity index (χ3n) is 3.89. The second-order valence-electron chi connectivity index (χ2n) is 5.72. The normalized spacial score (nSPS) is 15.6. The Bertz CT molecular complexity index is 614. The summed E-state index contributed by atoms with van der Waals surface area (Å²) >= 11 is 1.11. The van der Waals surface area contributed by atoms with Gasteiger partial charge in [-0.3, -0.25) is 14.4 Å². The van der Waals surface area contributed by atoms with Crippen LogP contribution in [0, 0.1) is 0 Å². The summed E-state index contributed by atoms with van der Waals surface area (Å²) in [4.78, 5) is 37.8. The van der Waals surface area contributed by atoms with Gasteiger partial charge >= 0.3 is 5.97 Å². The number of benzene rings is 1. The zero-order valence-corrected chi connectivity index (χ0v) is 14.5. The van der Waals surface area contributed by atoms with Crippen molar-refractivity contribution < 1.29 is 19.5 Å². The summed E-state index contributed by atoms with van der Waals surface area (Å²) in [5, 5.41) is 11.0. The van der Waals surface area contributed by atoms with Crippen molar-refractivity contribution in [3.8, 4) is 0 Å². The van der Waals surface area contributed by atoms with E-state index in [0.717, 1.165) is 44.1 Å². The van der Waals surface area contributed by atoms with Gasteiger partial charge in [0.2, 0.25) is 5.91 Å². The molecule has 130 valence electrons. The van der Waals surface area contributed by atoms with E-state index in [0.29, 0.717) is 10.5 Å². The molecule has 0 saturated carbocycles. The zero-order chi connectivity index (χ0) is 17.5. The molecule has 2 amide bonds. The highest BCUT2D eigenvalue weighted by Gasteiger charge is 2.20. The fourth-order valence-corrected chi connectivity index (χ4v) is 3.43. The minimum absolute atomic E-state index is 0.0354. The Hall–Kier alpha value is -2.02. The molecule has 1 heterocycles. The molecule has 1 aliphatic rings. The number of nitrogens with zero attached hydrogens (tertiary/aromatic N) is 1. The quantitative estimate of drug-likeness (QED) is 0.766. The van der Waals surface area contributed by atoms with Crippen molar-refractivity contribution in [2.75, 3.05) is 19.6 Å². The van der Waals surface area contributed by atoms with E-state index in [9.17, 15) is 14.4 Å². The molecule has 7 heteroatoms. The van der Waals surface area contributed by atoms with Crippen LogP contribution in [-0.4, -0.2) is 52.7 Å². The molecule has 1 fully saturated rings. The molecule has 0 aliphatic carbocycles. The number of likely N-dealkylation sites (tertiary alicyclic amines) is 1. The van der Waals surface area contributed by atoms with Gasteiger partial charge in [-0.05, 0) is 38.3 Å². The molecular formula is C17H22N2O4S. The van der Waals surface area contributed by atoms with Gasteiger partial charge in [0, 0.05) is 18.0 Å². The van der Waals surface area contributed by atoms with Gasteiger partial charge in [-0.1, -0.05) is 12.1 Å². The summed E-state index contributed by atoms with van der Waals surface area (Å²) in [6.45, 7) is 3.03. The molecule has 1 aromatic carbocycles. The Labute approximate surface area is 145 Å². The number of hydrogen-bond donors (Lipinski definition) is 2. The van der Waals surface area contributed by atoms with Gasteiger partial charge in [-0.15, -0.1) is 11.8 Å². The molecule has 0 bridgehead atoms. The third-order valence-corrected chi connectivity index (χ3v) is 5.06. The Morgan fingerprint density at radius 1 is 1.21 bits per heavy atom. The van der Waals surface area contributed by atoms with Gasteiger partial charge in [0.15, 0.2) is 0 Å². The van der Waals surface area contributed by atoms with Crippen molar-refractivity contribution in [2.24, 2.45) is 0 Å². The number of piperidine rings is 1. The summed E-state index contributed by atoms with van der Waals surface area (Å²) in [6.07, 6.45) is 3.15. The fraction of sp³-hybridized carbons (Fsp3) is 0.471. The number of nitrogens with one attached hydrogen (secondary N) is 1. The summed E-state index contributed by atoms with van der Waals surface area (Å²) in [5.41, 5.74) is 0.391. The van der Waals surface area contributed by atoms with Crippen molar-refractivity contribution in [3.05, 3.63) is 29.8 Å². The van der Waals surface area contributed by atoms with Crippen molar-refractivity contribution in [3.63, 3.8) is 0 Å². The molecule has 1 saturated heterocycles. The van der Waals surface area contributed by atoms with E-state index in [1.165, 1.54) is 0 Å². The average Bonchev–Trinajstić information content (AvgIpc) is 2.60. The molecule has 1 aromatic rings. The largest absolute Gasteiger partial charge is 0.480 e. The molecule has 2 rings (SSSR count). The van der Waals surface area contributed by atoms with Crippen LogP contribution in [0.1, 0.15) is 36.5 Å². The van der Waals surface area contributed by atoms with Crippen LogP contribution in [0.25, 0.3) is 0 Å².